The molecule has 0 amide bonds. The monoisotopic (exact) mass is 480 g/mol. The SMILES string of the molecule is C=C(C)[C@@H]1CC[C@]2(C(=C)OC)CC[C@]3(C)C(CC[C@@H]4[C@@]5(C)CCC(C)[C@@](C)(CC)[C@@H]5CC[C@]43C)[C@@H]12. The van der Waals surface area contributed by atoms with E-state index in [4.69, 9.17) is 4.74 Å². The third-order valence-corrected chi connectivity index (χ3v) is 14.9. The van der Waals surface area contributed by atoms with Crippen molar-refractivity contribution >= 4 is 0 Å². The van der Waals surface area contributed by atoms with Gasteiger partial charge < -0.3 is 4.74 Å². The van der Waals surface area contributed by atoms with Crippen LogP contribution in [0.3, 0.4) is 0 Å². The third-order valence-electron chi connectivity index (χ3n) is 14.9. The van der Waals surface area contributed by atoms with Crippen molar-refractivity contribution in [2.75, 3.05) is 7.11 Å². The van der Waals surface area contributed by atoms with Crippen LogP contribution in [-0.2, 0) is 4.74 Å². The predicted molar refractivity (Wildman–Crippen MR) is 149 cm³/mol. The zero-order chi connectivity index (χ0) is 25.6. The summed E-state index contributed by atoms with van der Waals surface area (Å²) in [6, 6.07) is 0. The topological polar surface area (TPSA) is 9.23 Å². The van der Waals surface area contributed by atoms with E-state index in [0.717, 1.165) is 29.4 Å². The Labute approximate surface area is 217 Å². The predicted octanol–water partition coefficient (Wildman–Crippen LogP) is 9.83. The van der Waals surface area contributed by atoms with Crippen LogP contribution < -0.4 is 0 Å². The molecule has 5 aliphatic carbocycles. The molecule has 11 atom stereocenters. The highest BCUT2D eigenvalue weighted by Crippen LogP contribution is 2.78. The molecule has 0 aromatic carbocycles. The van der Waals surface area contributed by atoms with Crippen LogP contribution in [0, 0.1) is 62.6 Å². The van der Waals surface area contributed by atoms with Gasteiger partial charge in [-0.3, -0.25) is 0 Å². The van der Waals surface area contributed by atoms with Crippen molar-refractivity contribution in [3.05, 3.63) is 24.5 Å². The van der Waals surface area contributed by atoms with Crippen LogP contribution in [0.15, 0.2) is 24.5 Å². The first-order valence-electron chi connectivity index (χ1n) is 15.2. The van der Waals surface area contributed by atoms with Gasteiger partial charge in [0.05, 0.1) is 12.9 Å². The van der Waals surface area contributed by atoms with Crippen molar-refractivity contribution in [2.45, 2.75) is 119 Å². The van der Waals surface area contributed by atoms with Crippen molar-refractivity contribution in [2.24, 2.45) is 62.6 Å². The maximum absolute atomic E-state index is 5.97. The van der Waals surface area contributed by atoms with Gasteiger partial charge in [-0.25, -0.2) is 0 Å². The van der Waals surface area contributed by atoms with E-state index in [-0.39, 0.29) is 5.41 Å². The van der Waals surface area contributed by atoms with Crippen LogP contribution in [0.2, 0.25) is 0 Å². The fourth-order valence-electron chi connectivity index (χ4n) is 12.4. The first-order chi connectivity index (χ1) is 16.4. The van der Waals surface area contributed by atoms with E-state index in [1.54, 1.807) is 0 Å². The van der Waals surface area contributed by atoms with Crippen LogP contribution in [0.4, 0.5) is 0 Å². The highest BCUT2D eigenvalue weighted by Gasteiger charge is 2.71. The Bertz CT molecular complexity index is 887. The molecular weight excluding hydrogens is 424 g/mol. The highest BCUT2D eigenvalue weighted by atomic mass is 16.5. The molecule has 0 N–H and O–H groups in total. The van der Waals surface area contributed by atoms with Gasteiger partial charge in [-0.05, 0) is 128 Å². The zero-order valence-electron chi connectivity index (χ0n) is 24.6. The molecular formula is C34H56O. The molecule has 1 heteroatoms. The van der Waals surface area contributed by atoms with E-state index in [1.807, 2.05) is 7.11 Å². The Morgan fingerprint density at radius 1 is 0.829 bits per heavy atom. The number of fused-ring (bicyclic) bond motifs is 7. The van der Waals surface area contributed by atoms with Gasteiger partial charge in [0.25, 0.3) is 0 Å². The average molecular weight is 481 g/mol. The Morgan fingerprint density at radius 2 is 1.54 bits per heavy atom. The van der Waals surface area contributed by atoms with Crippen molar-refractivity contribution in [3.63, 3.8) is 0 Å². The Morgan fingerprint density at radius 3 is 2.17 bits per heavy atom. The fraction of sp³-hybridized carbons (Fsp3) is 0.882. The van der Waals surface area contributed by atoms with E-state index in [9.17, 15) is 0 Å². The fourth-order valence-corrected chi connectivity index (χ4v) is 12.4. The minimum Gasteiger partial charge on any atom is -0.501 e. The van der Waals surface area contributed by atoms with Gasteiger partial charge >= 0.3 is 0 Å². The number of hydrogen-bond donors (Lipinski definition) is 0. The van der Waals surface area contributed by atoms with E-state index in [0.29, 0.717) is 33.5 Å². The van der Waals surface area contributed by atoms with Gasteiger partial charge in [0, 0.05) is 5.41 Å². The maximum atomic E-state index is 5.97. The normalized spacial score (nSPS) is 55.2. The summed E-state index contributed by atoms with van der Waals surface area (Å²) in [5.41, 5.74) is 3.46. The van der Waals surface area contributed by atoms with Crippen molar-refractivity contribution in [1.82, 2.24) is 0 Å². The Hall–Kier alpha value is -0.720. The molecule has 0 aromatic heterocycles. The number of allylic oxidation sites excluding steroid dienone is 2. The summed E-state index contributed by atoms with van der Waals surface area (Å²) < 4.78 is 5.97. The minimum atomic E-state index is 0.175. The number of rotatable bonds is 4. The van der Waals surface area contributed by atoms with Crippen molar-refractivity contribution < 1.29 is 4.74 Å². The summed E-state index contributed by atoms with van der Waals surface area (Å²) in [6.07, 6.45) is 15.1. The summed E-state index contributed by atoms with van der Waals surface area (Å²) in [4.78, 5) is 0. The number of methoxy groups -OCH3 is 1. The highest BCUT2D eigenvalue weighted by molar-refractivity contribution is 5.25. The molecule has 35 heavy (non-hydrogen) atoms. The molecule has 5 saturated carbocycles. The standard InChI is InChI=1S/C34H56O/c1-11-30(6)23(4)14-17-31(7)27(30)16-18-33(9)28(31)13-12-26-29-25(22(2)3)15-19-34(29,24(5)35-10)21-20-32(26,33)8/h23,25-29H,2,5,11-21H2,1,3-4,6-10H3/t23?,25-,26?,27-,28+,29+,30+,31-,32+,33+,34+/m0/s1. The smallest absolute Gasteiger partial charge is 0.0948 e. The van der Waals surface area contributed by atoms with E-state index >= 15 is 0 Å². The molecule has 0 aromatic rings. The third kappa shape index (κ3) is 3.05. The van der Waals surface area contributed by atoms with E-state index in [2.05, 4.69) is 61.6 Å². The van der Waals surface area contributed by atoms with Crippen LogP contribution in [0.5, 0.6) is 0 Å². The maximum Gasteiger partial charge on any atom is 0.0948 e. The largest absolute Gasteiger partial charge is 0.501 e. The molecule has 0 spiro atoms. The van der Waals surface area contributed by atoms with Crippen molar-refractivity contribution in [1.29, 1.82) is 0 Å². The zero-order valence-corrected chi connectivity index (χ0v) is 24.6. The molecule has 5 fully saturated rings. The first kappa shape index (κ1) is 25.9. The second kappa shape index (κ2) is 8.14. The first-order valence-corrected chi connectivity index (χ1v) is 15.2. The second-order valence-electron chi connectivity index (χ2n) is 15.3. The molecule has 198 valence electrons. The van der Waals surface area contributed by atoms with Gasteiger partial charge in [0.2, 0.25) is 0 Å². The molecule has 2 unspecified atom stereocenters. The molecule has 0 bridgehead atoms. The molecule has 5 aliphatic rings. The minimum absolute atomic E-state index is 0.175. The molecule has 1 nitrogen and oxygen atoms in total. The summed E-state index contributed by atoms with van der Waals surface area (Å²) in [6.45, 7) is 27.4. The van der Waals surface area contributed by atoms with Crippen LogP contribution in [0.25, 0.3) is 0 Å². The lowest BCUT2D eigenvalue weighted by atomic mass is 9.31. The van der Waals surface area contributed by atoms with E-state index in [1.165, 1.54) is 76.2 Å². The van der Waals surface area contributed by atoms with Crippen LogP contribution in [-0.4, -0.2) is 7.11 Å². The lowest BCUT2D eigenvalue weighted by molar-refractivity contribution is -0.243. The molecule has 0 heterocycles. The average Bonchev–Trinajstić information content (AvgIpc) is 3.23. The second-order valence-corrected chi connectivity index (χ2v) is 15.3. The van der Waals surface area contributed by atoms with Crippen LogP contribution >= 0.6 is 0 Å². The molecule has 0 radical (unpaired) electrons. The summed E-state index contributed by atoms with van der Waals surface area (Å²) >= 11 is 0. The summed E-state index contributed by atoms with van der Waals surface area (Å²) in [5.74, 6) is 5.79. The molecule has 0 saturated heterocycles. The van der Waals surface area contributed by atoms with E-state index < -0.39 is 0 Å². The number of hydrogen-bond acceptors (Lipinski definition) is 1. The van der Waals surface area contributed by atoms with Gasteiger partial charge in [0.15, 0.2) is 0 Å². The van der Waals surface area contributed by atoms with Crippen LogP contribution in [0.1, 0.15) is 119 Å². The van der Waals surface area contributed by atoms with Crippen molar-refractivity contribution in [3.8, 4) is 0 Å². The van der Waals surface area contributed by atoms with Gasteiger partial charge in [0.1, 0.15) is 0 Å². The summed E-state index contributed by atoms with van der Waals surface area (Å²) in [5, 5.41) is 0. The Balaban J connectivity index is 1.56. The van der Waals surface area contributed by atoms with Gasteiger partial charge in [-0.2, -0.15) is 0 Å². The summed E-state index contributed by atoms with van der Waals surface area (Å²) in [7, 11) is 1.87. The molecule has 0 aliphatic heterocycles. The quantitative estimate of drug-likeness (QED) is 0.287. The lowest BCUT2D eigenvalue weighted by Crippen LogP contribution is -2.66. The number of ether oxygens (including phenoxy) is 1. The van der Waals surface area contributed by atoms with Gasteiger partial charge in [-0.15, -0.1) is 0 Å². The van der Waals surface area contributed by atoms with Gasteiger partial charge in [-0.1, -0.05) is 66.7 Å². The Kier molecular flexibility index (Phi) is 6.02. The molecule has 5 rings (SSSR count). The lowest BCUT2D eigenvalue weighted by Gasteiger charge is -2.73.